The molecule has 1 aliphatic heterocycles. The second kappa shape index (κ2) is 6.74. The number of rotatable bonds is 4. The van der Waals surface area contributed by atoms with Crippen molar-refractivity contribution >= 4 is 6.09 Å². The Morgan fingerprint density at radius 3 is 2.94 bits per heavy atom. The molecule has 1 amide bonds. The number of hydrogen-bond donors (Lipinski definition) is 1. The molecule has 0 bridgehead atoms. The summed E-state index contributed by atoms with van der Waals surface area (Å²) in [5.41, 5.74) is 5.54. The van der Waals surface area contributed by atoms with Crippen LogP contribution in [0.25, 0.3) is 0 Å². The summed E-state index contributed by atoms with van der Waals surface area (Å²) in [6.07, 6.45) is 3.11. The van der Waals surface area contributed by atoms with Crippen molar-refractivity contribution in [3.8, 4) is 0 Å². The van der Waals surface area contributed by atoms with Crippen LogP contribution in [0.15, 0.2) is 0 Å². The van der Waals surface area contributed by atoms with E-state index in [1.807, 2.05) is 18.7 Å². The predicted octanol–water partition coefficient (Wildman–Crippen LogP) is 1.84. The van der Waals surface area contributed by atoms with E-state index in [-0.39, 0.29) is 6.09 Å². The number of likely N-dealkylation sites (tertiary alicyclic amines) is 1. The van der Waals surface area contributed by atoms with Gasteiger partial charge in [0.25, 0.3) is 0 Å². The van der Waals surface area contributed by atoms with Gasteiger partial charge in [-0.25, -0.2) is 4.79 Å². The van der Waals surface area contributed by atoms with Crippen LogP contribution in [0.1, 0.15) is 33.1 Å². The lowest BCUT2D eigenvalue weighted by atomic mass is 9.95. The summed E-state index contributed by atoms with van der Waals surface area (Å²) in [5.74, 6) is 0.957. The van der Waals surface area contributed by atoms with Crippen molar-refractivity contribution in [1.82, 2.24) is 4.90 Å². The summed E-state index contributed by atoms with van der Waals surface area (Å²) < 4.78 is 5.23. The molecular formula is C12H24N2O2. The van der Waals surface area contributed by atoms with Crippen LogP contribution < -0.4 is 5.73 Å². The van der Waals surface area contributed by atoms with Crippen molar-refractivity contribution in [2.24, 2.45) is 17.6 Å². The molecule has 1 aliphatic rings. The van der Waals surface area contributed by atoms with Crippen molar-refractivity contribution in [2.75, 3.05) is 26.2 Å². The van der Waals surface area contributed by atoms with E-state index in [0.29, 0.717) is 25.0 Å². The minimum absolute atomic E-state index is 0.157. The van der Waals surface area contributed by atoms with Crippen molar-refractivity contribution in [3.63, 3.8) is 0 Å². The molecular weight excluding hydrogens is 204 g/mol. The molecule has 1 unspecified atom stereocenters. The summed E-state index contributed by atoms with van der Waals surface area (Å²) in [6, 6.07) is 0. The molecule has 0 aromatic rings. The van der Waals surface area contributed by atoms with Crippen LogP contribution in [0.2, 0.25) is 0 Å². The van der Waals surface area contributed by atoms with E-state index in [0.717, 1.165) is 25.9 Å². The van der Waals surface area contributed by atoms with Gasteiger partial charge >= 0.3 is 6.09 Å². The van der Waals surface area contributed by atoms with Gasteiger partial charge in [-0.3, -0.25) is 0 Å². The van der Waals surface area contributed by atoms with Crippen molar-refractivity contribution < 1.29 is 9.53 Å². The van der Waals surface area contributed by atoms with Gasteiger partial charge in [0, 0.05) is 13.1 Å². The molecule has 2 N–H and O–H groups in total. The maximum absolute atomic E-state index is 11.7. The van der Waals surface area contributed by atoms with Crippen LogP contribution in [0.3, 0.4) is 0 Å². The topological polar surface area (TPSA) is 55.6 Å². The van der Waals surface area contributed by atoms with Crippen molar-refractivity contribution in [3.05, 3.63) is 0 Å². The zero-order valence-corrected chi connectivity index (χ0v) is 10.4. The highest BCUT2D eigenvalue weighted by molar-refractivity contribution is 5.67. The van der Waals surface area contributed by atoms with Crippen LogP contribution in [-0.4, -0.2) is 37.2 Å². The minimum atomic E-state index is -0.157. The Hall–Kier alpha value is -0.770. The van der Waals surface area contributed by atoms with E-state index < -0.39 is 0 Å². The molecule has 0 aromatic heterocycles. The first-order valence-electron chi connectivity index (χ1n) is 6.25. The van der Waals surface area contributed by atoms with Crippen LogP contribution in [0, 0.1) is 11.8 Å². The molecule has 94 valence electrons. The molecule has 1 fully saturated rings. The summed E-state index contributed by atoms with van der Waals surface area (Å²) in [5, 5.41) is 0. The number of hydrogen-bond acceptors (Lipinski definition) is 3. The minimum Gasteiger partial charge on any atom is -0.449 e. The number of nitrogens with two attached hydrogens (primary N) is 1. The van der Waals surface area contributed by atoms with E-state index in [9.17, 15) is 4.79 Å². The lowest BCUT2D eigenvalue weighted by molar-refractivity contribution is 0.0752. The fourth-order valence-electron chi connectivity index (χ4n) is 2.03. The van der Waals surface area contributed by atoms with Gasteiger partial charge in [0.2, 0.25) is 0 Å². The molecule has 0 radical (unpaired) electrons. The third kappa shape index (κ3) is 4.39. The maximum atomic E-state index is 11.7. The molecule has 1 rings (SSSR count). The Morgan fingerprint density at radius 1 is 1.56 bits per heavy atom. The molecule has 1 heterocycles. The Balaban J connectivity index is 2.32. The van der Waals surface area contributed by atoms with Gasteiger partial charge in [0.1, 0.15) is 0 Å². The van der Waals surface area contributed by atoms with Crippen LogP contribution in [0.4, 0.5) is 4.79 Å². The summed E-state index contributed by atoms with van der Waals surface area (Å²) in [4.78, 5) is 13.6. The number of amides is 1. The Labute approximate surface area is 98.1 Å². The number of nitrogens with zero attached hydrogens (tertiary/aromatic N) is 1. The van der Waals surface area contributed by atoms with Crippen molar-refractivity contribution in [2.45, 2.75) is 33.1 Å². The number of carbonyl (C=O) groups is 1. The molecule has 0 spiro atoms. The van der Waals surface area contributed by atoms with Gasteiger partial charge in [0.05, 0.1) is 6.61 Å². The molecule has 0 aromatic carbocycles. The molecule has 0 aliphatic carbocycles. The van der Waals surface area contributed by atoms with E-state index in [2.05, 4.69) is 0 Å². The number of ether oxygens (including phenoxy) is 1. The smallest absolute Gasteiger partial charge is 0.409 e. The fourth-order valence-corrected chi connectivity index (χ4v) is 2.03. The van der Waals surface area contributed by atoms with Gasteiger partial charge in [-0.1, -0.05) is 13.8 Å². The molecule has 1 atom stereocenters. The lowest BCUT2D eigenvalue weighted by Gasteiger charge is -2.32. The number of piperidine rings is 1. The summed E-state index contributed by atoms with van der Waals surface area (Å²) in [6.45, 7) is 6.95. The maximum Gasteiger partial charge on any atom is 0.409 e. The molecule has 4 nitrogen and oxygen atoms in total. The molecule has 0 saturated carbocycles. The zero-order valence-electron chi connectivity index (χ0n) is 10.4. The highest BCUT2D eigenvalue weighted by Crippen LogP contribution is 2.19. The second-order valence-electron chi connectivity index (χ2n) is 5.00. The van der Waals surface area contributed by atoms with Gasteiger partial charge in [-0.05, 0) is 37.6 Å². The first-order chi connectivity index (χ1) is 7.63. The third-order valence-electron chi connectivity index (χ3n) is 2.89. The zero-order chi connectivity index (χ0) is 12.0. The standard InChI is InChI=1S/C12H24N2O2/c1-10(2)9-16-12(15)14-7-3-4-11(8-14)5-6-13/h10-11H,3-9,13H2,1-2H3. The van der Waals surface area contributed by atoms with E-state index in [4.69, 9.17) is 10.5 Å². The molecule has 1 saturated heterocycles. The average Bonchev–Trinajstić information content (AvgIpc) is 2.26. The molecule has 16 heavy (non-hydrogen) atoms. The van der Waals surface area contributed by atoms with Crippen molar-refractivity contribution in [1.29, 1.82) is 0 Å². The molecule has 4 heteroatoms. The Morgan fingerprint density at radius 2 is 2.31 bits per heavy atom. The Bertz CT molecular complexity index is 217. The summed E-state index contributed by atoms with van der Waals surface area (Å²) in [7, 11) is 0. The fraction of sp³-hybridized carbons (Fsp3) is 0.917. The predicted molar refractivity (Wildman–Crippen MR) is 64.2 cm³/mol. The monoisotopic (exact) mass is 228 g/mol. The highest BCUT2D eigenvalue weighted by Gasteiger charge is 2.24. The number of carbonyl (C=O) groups excluding carboxylic acids is 1. The SMILES string of the molecule is CC(C)COC(=O)N1CCCC(CCN)C1. The summed E-state index contributed by atoms with van der Waals surface area (Å²) >= 11 is 0. The normalized spacial score (nSPS) is 21.2. The van der Waals surface area contributed by atoms with Gasteiger partial charge in [0.15, 0.2) is 0 Å². The van der Waals surface area contributed by atoms with Gasteiger partial charge in [-0.2, -0.15) is 0 Å². The van der Waals surface area contributed by atoms with Gasteiger partial charge < -0.3 is 15.4 Å². The largest absolute Gasteiger partial charge is 0.449 e. The average molecular weight is 228 g/mol. The van der Waals surface area contributed by atoms with E-state index in [1.165, 1.54) is 6.42 Å². The third-order valence-corrected chi connectivity index (χ3v) is 2.89. The van der Waals surface area contributed by atoms with Crippen LogP contribution >= 0.6 is 0 Å². The van der Waals surface area contributed by atoms with E-state index >= 15 is 0 Å². The first-order valence-corrected chi connectivity index (χ1v) is 6.25. The van der Waals surface area contributed by atoms with Gasteiger partial charge in [-0.15, -0.1) is 0 Å². The Kier molecular flexibility index (Phi) is 5.60. The quantitative estimate of drug-likeness (QED) is 0.798. The van der Waals surface area contributed by atoms with Crippen LogP contribution in [-0.2, 0) is 4.74 Å². The second-order valence-corrected chi connectivity index (χ2v) is 5.00. The van der Waals surface area contributed by atoms with E-state index in [1.54, 1.807) is 0 Å². The first kappa shape index (κ1) is 13.3. The van der Waals surface area contributed by atoms with Crippen LogP contribution in [0.5, 0.6) is 0 Å². The highest BCUT2D eigenvalue weighted by atomic mass is 16.6. The lowest BCUT2D eigenvalue weighted by Crippen LogP contribution is -2.41.